The van der Waals surface area contributed by atoms with E-state index in [4.69, 9.17) is 10.2 Å². The van der Waals surface area contributed by atoms with Crippen molar-refractivity contribution in [2.45, 2.75) is 31.7 Å². The Morgan fingerprint density at radius 1 is 1.44 bits per heavy atom. The van der Waals surface area contributed by atoms with Crippen molar-refractivity contribution in [2.24, 2.45) is 0 Å². The molecule has 84 valence electrons. The molecule has 0 amide bonds. The van der Waals surface area contributed by atoms with Crippen LogP contribution in [0, 0.1) is 0 Å². The fourth-order valence-corrected chi connectivity index (χ4v) is 1.71. The van der Waals surface area contributed by atoms with Crippen molar-refractivity contribution in [1.82, 2.24) is 25.0 Å². The molecule has 7 heteroatoms. The molecule has 0 aliphatic heterocycles. The minimum atomic E-state index is 0.0781. The number of anilines is 1. The smallest absolute Gasteiger partial charge is 0.312 e. The van der Waals surface area contributed by atoms with Gasteiger partial charge in [-0.15, -0.1) is 5.10 Å². The van der Waals surface area contributed by atoms with Gasteiger partial charge in [-0.3, -0.25) is 0 Å². The van der Waals surface area contributed by atoms with Crippen LogP contribution in [0.2, 0.25) is 0 Å². The number of nitrogens with two attached hydrogens (primary N) is 1. The normalized spacial score (nSPS) is 16.2. The van der Waals surface area contributed by atoms with Crippen LogP contribution in [0.5, 0.6) is 0 Å². The van der Waals surface area contributed by atoms with E-state index in [9.17, 15) is 0 Å². The summed E-state index contributed by atoms with van der Waals surface area (Å²) in [7, 11) is 0. The summed E-state index contributed by atoms with van der Waals surface area (Å²) >= 11 is 0. The standard InChI is InChI=1S/C9H12N6O/c10-9-13-12-7(16-9)4-15-5-11-8(14-15)6-2-1-3-6/h5-6H,1-4H2,(H2,10,13). The number of rotatable bonds is 3. The third-order valence-corrected chi connectivity index (χ3v) is 2.80. The zero-order valence-electron chi connectivity index (χ0n) is 8.70. The molecular weight excluding hydrogens is 208 g/mol. The van der Waals surface area contributed by atoms with E-state index in [-0.39, 0.29) is 6.01 Å². The fourth-order valence-electron chi connectivity index (χ4n) is 1.71. The lowest BCUT2D eigenvalue weighted by Gasteiger charge is -2.21. The number of hydrogen-bond donors (Lipinski definition) is 1. The molecule has 1 aliphatic carbocycles. The molecule has 0 saturated heterocycles. The van der Waals surface area contributed by atoms with Gasteiger partial charge in [0.1, 0.15) is 12.9 Å². The molecule has 3 rings (SSSR count). The molecule has 16 heavy (non-hydrogen) atoms. The van der Waals surface area contributed by atoms with Crippen molar-refractivity contribution in [2.75, 3.05) is 5.73 Å². The second kappa shape index (κ2) is 3.58. The Morgan fingerprint density at radius 2 is 2.31 bits per heavy atom. The van der Waals surface area contributed by atoms with Crippen LogP contribution >= 0.6 is 0 Å². The number of aromatic nitrogens is 5. The lowest BCUT2D eigenvalue weighted by molar-refractivity contribution is 0.397. The maximum atomic E-state index is 5.33. The first kappa shape index (κ1) is 9.32. The van der Waals surface area contributed by atoms with Crippen molar-refractivity contribution < 1.29 is 4.42 Å². The molecule has 0 radical (unpaired) electrons. The summed E-state index contributed by atoms with van der Waals surface area (Å²) in [6.07, 6.45) is 5.35. The van der Waals surface area contributed by atoms with Gasteiger partial charge in [-0.25, -0.2) is 9.67 Å². The minimum Gasteiger partial charge on any atom is -0.406 e. The quantitative estimate of drug-likeness (QED) is 0.811. The first-order valence-electron chi connectivity index (χ1n) is 5.28. The average molecular weight is 220 g/mol. The molecule has 1 saturated carbocycles. The van der Waals surface area contributed by atoms with Crippen LogP contribution in [0.25, 0.3) is 0 Å². The molecule has 0 atom stereocenters. The maximum Gasteiger partial charge on any atom is 0.312 e. The van der Waals surface area contributed by atoms with Crippen molar-refractivity contribution in [3.63, 3.8) is 0 Å². The molecular formula is C9H12N6O. The van der Waals surface area contributed by atoms with Crippen LogP contribution < -0.4 is 5.73 Å². The molecule has 0 aromatic carbocycles. The van der Waals surface area contributed by atoms with E-state index >= 15 is 0 Å². The molecule has 2 N–H and O–H groups in total. The molecule has 0 spiro atoms. The maximum absolute atomic E-state index is 5.33. The van der Waals surface area contributed by atoms with E-state index in [0.29, 0.717) is 18.4 Å². The van der Waals surface area contributed by atoms with Crippen LogP contribution in [0.1, 0.15) is 36.9 Å². The van der Waals surface area contributed by atoms with Crippen LogP contribution in [-0.2, 0) is 6.54 Å². The van der Waals surface area contributed by atoms with E-state index in [0.717, 1.165) is 5.82 Å². The summed E-state index contributed by atoms with van der Waals surface area (Å²) in [4.78, 5) is 4.27. The highest BCUT2D eigenvalue weighted by atomic mass is 16.4. The van der Waals surface area contributed by atoms with E-state index < -0.39 is 0 Å². The third-order valence-electron chi connectivity index (χ3n) is 2.80. The average Bonchev–Trinajstić information content (AvgIpc) is 2.74. The lowest BCUT2D eigenvalue weighted by atomic mass is 9.85. The Balaban J connectivity index is 1.72. The van der Waals surface area contributed by atoms with Gasteiger partial charge in [0.2, 0.25) is 5.89 Å². The molecule has 2 aromatic heterocycles. The van der Waals surface area contributed by atoms with E-state index in [1.54, 1.807) is 11.0 Å². The van der Waals surface area contributed by atoms with Gasteiger partial charge in [0.05, 0.1) is 0 Å². The van der Waals surface area contributed by atoms with E-state index in [1.807, 2.05) is 0 Å². The van der Waals surface area contributed by atoms with Crippen LogP contribution in [-0.4, -0.2) is 25.0 Å². The molecule has 7 nitrogen and oxygen atoms in total. The van der Waals surface area contributed by atoms with Gasteiger partial charge in [0.25, 0.3) is 0 Å². The summed E-state index contributed by atoms with van der Waals surface area (Å²) < 4.78 is 6.76. The van der Waals surface area contributed by atoms with Crippen molar-refractivity contribution in [1.29, 1.82) is 0 Å². The Labute approximate surface area is 91.7 Å². The fraction of sp³-hybridized carbons (Fsp3) is 0.556. The minimum absolute atomic E-state index is 0.0781. The molecule has 0 bridgehead atoms. The Bertz CT molecular complexity index is 486. The van der Waals surface area contributed by atoms with Crippen molar-refractivity contribution in [3.05, 3.63) is 18.0 Å². The van der Waals surface area contributed by atoms with Gasteiger partial charge in [0, 0.05) is 5.92 Å². The van der Waals surface area contributed by atoms with Gasteiger partial charge >= 0.3 is 6.01 Å². The van der Waals surface area contributed by atoms with E-state index in [1.165, 1.54) is 19.3 Å². The number of nitrogens with zero attached hydrogens (tertiary/aromatic N) is 5. The molecule has 2 heterocycles. The number of nitrogen functional groups attached to an aromatic ring is 1. The highest BCUT2D eigenvalue weighted by molar-refractivity contribution is 5.05. The third kappa shape index (κ3) is 1.64. The summed E-state index contributed by atoms with van der Waals surface area (Å²) in [6, 6.07) is 0.0781. The predicted molar refractivity (Wildman–Crippen MR) is 54.4 cm³/mol. The molecule has 2 aromatic rings. The van der Waals surface area contributed by atoms with Gasteiger partial charge in [0.15, 0.2) is 5.82 Å². The van der Waals surface area contributed by atoms with Gasteiger partial charge in [-0.05, 0) is 12.8 Å². The van der Waals surface area contributed by atoms with Crippen LogP contribution in [0.4, 0.5) is 6.01 Å². The second-order valence-electron chi connectivity index (χ2n) is 3.96. The Kier molecular flexibility index (Phi) is 2.09. The highest BCUT2D eigenvalue weighted by Gasteiger charge is 2.23. The van der Waals surface area contributed by atoms with Gasteiger partial charge in [-0.1, -0.05) is 11.5 Å². The van der Waals surface area contributed by atoms with Crippen LogP contribution in [0.15, 0.2) is 10.7 Å². The van der Waals surface area contributed by atoms with Gasteiger partial charge in [-0.2, -0.15) is 5.10 Å². The van der Waals surface area contributed by atoms with Crippen molar-refractivity contribution >= 4 is 6.01 Å². The zero-order valence-corrected chi connectivity index (χ0v) is 8.70. The summed E-state index contributed by atoms with van der Waals surface area (Å²) in [5.74, 6) is 1.90. The lowest BCUT2D eigenvalue weighted by Crippen LogP contribution is -2.11. The monoisotopic (exact) mass is 220 g/mol. The largest absolute Gasteiger partial charge is 0.406 e. The molecule has 0 unspecified atom stereocenters. The summed E-state index contributed by atoms with van der Waals surface area (Å²) in [6.45, 7) is 0.421. The molecule has 1 fully saturated rings. The van der Waals surface area contributed by atoms with Crippen LogP contribution in [0.3, 0.4) is 0 Å². The highest BCUT2D eigenvalue weighted by Crippen LogP contribution is 2.33. The van der Waals surface area contributed by atoms with Gasteiger partial charge < -0.3 is 10.2 Å². The van der Waals surface area contributed by atoms with Crippen molar-refractivity contribution in [3.8, 4) is 0 Å². The first-order chi connectivity index (χ1) is 7.81. The number of hydrogen-bond acceptors (Lipinski definition) is 6. The first-order valence-corrected chi connectivity index (χ1v) is 5.28. The predicted octanol–water partition coefficient (Wildman–Crippen LogP) is 0.559. The summed E-state index contributed by atoms with van der Waals surface area (Å²) in [5.41, 5.74) is 5.33. The molecule has 1 aliphatic rings. The topological polar surface area (TPSA) is 95.7 Å². The summed E-state index contributed by atoms with van der Waals surface area (Å²) in [5, 5.41) is 11.7. The van der Waals surface area contributed by atoms with E-state index in [2.05, 4.69) is 20.3 Å². The Hall–Kier alpha value is -1.92. The Morgan fingerprint density at radius 3 is 2.94 bits per heavy atom. The second-order valence-corrected chi connectivity index (χ2v) is 3.96. The zero-order chi connectivity index (χ0) is 11.0. The SMILES string of the molecule is Nc1nnc(Cn2cnc(C3CCC3)n2)o1.